The second kappa shape index (κ2) is 5.99. The Morgan fingerprint density at radius 2 is 2.05 bits per heavy atom. The van der Waals surface area contributed by atoms with E-state index in [4.69, 9.17) is 4.74 Å². The zero-order valence-corrected chi connectivity index (χ0v) is 11.8. The number of ether oxygens (including phenoxy) is 1. The van der Waals surface area contributed by atoms with E-state index in [0.717, 1.165) is 36.8 Å². The average molecular weight is 286 g/mol. The van der Waals surface area contributed by atoms with Gasteiger partial charge >= 0.3 is 5.97 Å². The second-order valence-corrected chi connectivity index (χ2v) is 5.25. The summed E-state index contributed by atoms with van der Waals surface area (Å²) >= 11 is 0. The van der Waals surface area contributed by atoms with Crippen LogP contribution in [0.1, 0.15) is 34.3 Å². The van der Waals surface area contributed by atoms with Crippen molar-refractivity contribution in [3.8, 4) is 5.75 Å². The molecule has 0 amide bonds. The molecule has 1 aliphatic carbocycles. The predicted octanol–water partition coefficient (Wildman–Crippen LogP) is 2.32. The SMILES string of the molecule is O=C(OCCn1cccn1)c1cc2c(cc1O)CCCC2. The van der Waals surface area contributed by atoms with Crippen molar-refractivity contribution in [1.29, 1.82) is 0 Å². The van der Waals surface area contributed by atoms with E-state index < -0.39 is 5.97 Å². The van der Waals surface area contributed by atoms with Gasteiger partial charge in [0.1, 0.15) is 17.9 Å². The van der Waals surface area contributed by atoms with E-state index in [9.17, 15) is 9.90 Å². The number of phenolic OH excluding ortho intramolecular Hbond substituents is 1. The van der Waals surface area contributed by atoms with Gasteiger partial charge in [-0.1, -0.05) is 0 Å². The van der Waals surface area contributed by atoms with Crippen molar-refractivity contribution in [2.45, 2.75) is 32.2 Å². The lowest BCUT2D eigenvalue weighted by Crippen LogP contribution is -2.13. The van der Waals surface area contributed by atoms with Crippen molar-refractivity contribution in [1.82, 2.24) is 9.78 Å². The van der Waals surface area contributed by atoms with E-state index in [-0.39, 0.29) is 17.9 Å². The van der Waals surface area contributed by atoms with Gasteiger partial charge in [-0.05, 0) is 55.0 Å². The van der Waals surface area contributed by atoms with Gasteiger partial charge in [0.25, 0.3) is 0 Å². The predicted molar refractivity (Wildman–Crippen MR) is 77.3 cm³/mol. The minimum absolute atomic E-state index is 0.0136. The van der Waals surface area contributed by atoms with Gasteiger partial charge in [0, 0.05) is 12.4 Å². The lowest BCUT2D eigenvalue weighted by atomic mass is 9.90. The highest BCUT2D eigenvalue weighted by molar-refractivity contribution is 5.92. The smallest absolute Gasteiger partial charge is 0.341 e. The zero-order chi connectivity index (χ0) is 14.7. The van der Waals surface area contributed by atoms with E-state index in [0.29, 0.717) is 6.54 Å². The summed E-state index contributed by atoms with van der Waals surface area (Å²) in [5.41, 5.74) is 2.56. The number of aromatic nitrogens is 2. The van der Waals surface area contributed by atoms with Crippen molar-refractivity contribution in [3.63, 3.8) is 0 Å². The molecular formula is C16H18N2O3. The molecule has 3 rings (SSSR count). The number of hydrogen-bond donors (Lipinski definition) is 1. The minimum atomic E-state index is -0.479. The first-order valence-electron chi connectivity index (χ1n) is 7.23. The van der Waals surface area contributed by atoms with Crippen molar-refractivity contribution in [2.75, 3.05) is 6.61 Å². The number of hydrogen-bond acceptors (Lipinski definition) is 4. The topological polar surface area (TPSA) is 64.4 Å². The van der Waals surface area contributed by atoms with Crippen LogP contribution in [-0.4, -0.2) is 27.5 Å². The summed E-state index contributed by atoms with van der Waals surface area (Å²) in [5, 5.41) is 14.0. The third kappa shape index (κ3) is 3.07. The maximum Gasteiger partial charge on any atom is 0.341 e. The summed E-state index contributed by atoms with van der Waals surface area (Å²) < 4.78 is 6.91. The number of carbonyl (C=O) groups is 1. The third-order valence-corrected chi connectivity index (χ3v) is 3.79. The van der Waals surface area contributed by atoms with Gasteiger partial charge in [-0.15, -0.1) is 0 Å². The van der Waals surface area contributed by atoms with E-state index in [1.165, 1.54) is 0 Å². The Balaban J connectivity index is 1.66. The number of esters is 1. The highest BCUT2D eigenvalue weighted by Crippen LogP contribution is 2.28. The number of nitrogens with zero attached hydrogens (tertiary/aromatic N) is 2. The van der Waals surface area contributed by atoms with Crippen LogP contribution in [0.15, 0.2) is 30.6 Å². The minimum Gasteiger partial charge on any atom is -0.507 e. The van der Waals surface area contributed by atoms with Crippen LogP contribution >= 0.6 is 0 Å². The molecule has 2 aromatic rings. The number of carbonyl (C=O) groups excluding carboxylic acids is 1. The summed E-state index contributed by atoms with van der Waals surface area (Å²) in [6.07, 6.45) is 7.69. The van der Waals surface area contributed by atoms with Gasteiger partial charge in [0.05, 0.1) is 6.54 Å². The van der Waals surface area contributed by atoms with Gasteiger partial charge in [-0.2, -0.15) is 5.10 Å². The Hall–Kier alpha value is -2.30. The molecule has 0 atom stereocenters. The molecule has 21 heavy (non-hydrogen) atoms. The number of phenols is 1. The molecule has 110 valence electrons. The Bertz CT molecular complexity index is 635. The van der Waals surface area contributed by atoms with Crippen LogP contribution < -0.4 is 0 Å². The molecule has 1 N–H and O–H groups in total. The summed E-state index contributed by atoms with van der Waals surface area (Å²) in [5.74, 6) is -0.465. The monoisotopic (exact) mass is 286 g/mol. The molecule has 0 saturated heterocycles. The first kappa shape index (κ1) is 13.7. The Kier molecular flexibility index (Phi) is 3.90. The van der Waals surface area contributed by atoms with Gasteiger partial charge in [-0.3, -0.25) is 4.68 Å². The van der Waals surface area contributed by atoms with Crippen molar-refractivity contribution in [3.05, 3.63) is 47.3 Å². The average Bonchev–Trinajstić information content (AvgIpc) is 2.99. The van der Waals surface area contributed by atoms with Crippen LogP contribution in [0.4, 0.5) is 0 Å². The number of benzene rings is 1. The molecule has 1 aromatic heterocycles. The fraction of sp³-hybridized carbons (Fsp3) is 0.375. The molecule has 1 heterocycles. The van der Waals surface area contributed by atoms with Crippen LogP contribution in [0.5, 0.6) is 5.75 Å². The van der Waals surface area contributed by atoms with Crippen LogP contribution in [0.2, 0.25) is 0 Å². The van der Waals surface area contributed by atoms with Gasteiger partial charge in [-0.25, -0.2) is 4.79 Å². The molecule has 0 aliphatic heterocycles. The maximum absolute atomic E-state index is 12.1. The molecule has 0 fully saturated rings. The van der Waals surface area contributed by atoms with Crippen LogP contribution in [0.3, 0.4) is 0 Å². The Morgan fingerprint density at radius 1 is 1.29 bits per heavy atom. The summed E-state index contributed by atoms with van der Waals surface area (Å²) in [4.78, 5) is 12.1. The normalized spacial score (nSPS) is 13.7. The van der Waals surface area contributed by atoms with Crippen LogP contribution in [-0.2, 0) is 24.1 Å². The lowest BCUT2D eigenvalue weighted by molar-refractivity contribution is 0.0484. The molecule has 5 heteroatoms. The van der Waals surface area contributed by atoms with Gasteiger partial charge in [0.2, 0.25) is 0 Å². The highest BCUT2D eigenvalue weighted by Gasteiger charge is 2.18. The third-order valence-electron chi connectivity index (χ3n) is 3.79. The zero-order valence-electron chi connectivity index (χ0n) is 11.8. The number of aromatic hydroxyl groups is 1. The van der Waals surface area contributed by atoms with Crippen molar-refractivity contribution < 1.29 is 14.6 Å². The molecule has 0 unspecified atom stereocenters. The van der Waals surface area contributed by atoms with Crippen LogP contribution in [0.25, 0.3) is 0 Å². The van der Waals surface area contributed by atoms with Crippen molar-refractivity contribution in [2.24, 2.45) is 0 Å². The number of rotatable bonds is 4. The molecule has 0 radical (unpaired) electrons. The molecule has 0 bridgehead atoms. The van der Waals surface area contributed by atoms with Gasteiger partial charge in [0.15, 0.2) is 0 Å². The molecule has 0 spiro atoms. The number of aryl methyl sites for hydroxylation is 2. The number of fused-ring (bicyclic) bond motifs is 1. The summed E-state index contributed by atoms with van der Waals surface area (Å²) in [7, 11) is 0. The summed E-state index contributed by atoms with van der Waals surface area (Å²) in [6.45, 7) is 0.738. The summed E-state index contributed by atoms with van der Waals surface area (Å²) in [6, 6.07) is 5.30. The lowest BCUT2D eigenvalue weighted by Gasteiger charge is -2.17. The van der Waals surface area contributed by atoms with E-state index in [2.05, 4.69) is 5.10 Å². The van der Waals surface area contributed by atoms with E-state index in [1.807, 2.05) is 12.3 Å². The fourth-order valence-electron chi connectivity index (χ4n) is 2.68. The van der Waals surface area contributed by atoms with Crippen LogP contribution in [0, 0.1) is 0 Å². The van der Waals surface area contributed by atoms with E-state index >= 15 is 0 Å². The first-order valence-corrected chi connectivity index (χ1v) is 7.23. The maximum atomic E-state index is 12.1. The first-order chi connectivity index (χ1) is 10.2. The molecule has 1 aromatic carbocycles. The Morgan fingerprint density at radius 3 is 2.76 bits per heavy atom. The van der Waals surface area contributed by atoms with E-state index in [1.54, 1.807) is 23.0 Å². The second-order valence-electron chi connectivity index (χ2n) is 5.25. The molecule has 0 saturated carbocycles. The standard InChI is InChI=1S/C16H18N2O3/c19-15-11-13-5-2-1-4-12(13)10-14(15)16(20)21-9-8-18-7-3-6-17-18/h3,6-7,10-11,19H,1-2,4-5,8-9H2. The van der Waals surface area contributed by atoms with Gasteiger partial charge < -0.3 is 9.84 Å². The highest BCUT2D eigenvalue weighted by atomic mass is 16.5. The molecule has 5 nitrogen and oxygen atoms in total. The fourth-order valence-corrected chi connectivity index (χ4v) is 2.68. The quantitative estimate of drug-likeness (QED) is 0.876. The van der Waals surface area contributed by atoms with Crippen molar-refractivity contribution >= 4 is 5.97 Å². The largest absolute Gasteiger partial charge is 0.507 e. The Labute approximate surface area is 123 Å². The molecular weight excluding hydrogens is 268 g/mol. The molecule has 1 aliphatic rings.